The number of aromatic hydroxyl groups is 2. The Kier molecular flexibility index (Phi) is 4.81. The number of rotatable bonds is 3. The molecule has 2 bridgehead atoms. The van der Waals surface area contributed by atoms with Gasteiger partial charge < -0.3 is 20.4 Å². The lowest BCUT2D eigenvalue weighted by Gasteiger charge is -2.46. The van der Waals surface area contributed by atoms with Crippen LogP contribution in [-0.4, -0.2) is 43.0 Å². The molecule has 3 aromatic carbocycles. The lowest BCUT2D eigenvalue weighted by molar-refractivity contribution is -0.123. The molecule has 7 heteroatoms. The van der Waals surface area contributed by atoms with Gasteiger partial charge in [0.05, 0.1) is 22.0 Å². The van der Waals surface area contributed by atoms with Gasteiger partial charge in [0.25, 0.3) is 0 Å². The molecule has 1 aliphatic heterocycles. The predicted molar refractivity (Wildman–Crippen MR) is 140 cm³/mol. The molecule has 1 saturated heterocycles. The smallest absolute Gasteiger partial charge is 0.234 e. The number of benzene rings is 3. The van der Waals surface area contributed by atoms with E-state index in [1.54, 1.807) is 0 Å². The number of aliphatic hydroxyl groups is 2. The molecule has 6 rings (SSSR count). The van der Waals surface area contributed by atoms with E-state index >= 15 is 0 Å². The lowest BCUT2D eigenvalue weighted by Crippen LogP contribution is -2.54. The van der Waals surface area contributed by atoms with Gasteiger partial charge in [0.2, 0.25) is 5.91 Å². The predicted octanol–water partition coefficient (Wildman–Crippen LogP) is 4.52. The van der Waals surface area contributed by atoms with Crippen LogP contribution in [0.15, 0.2) is 78.9 Å². The van der Waals surface area contributed by atoms with Gasteiger partial charge in [0.15, 0.2) is 17.7 Å². The Morgan fingerprint density at radius 3 is 1.92 bits per heavy atom. The number of carbonyl (C=O) groups excluding carboxylic acids is 1. The molecule has 0 radical (unpaired) electrons. The summed E-state index contributed by atoms with van der Waals surface area (Å²) in [4.78, 5) is 15.4. The van der Waals surface area contributed by atoms with Crippen molar-refractivity contribution in [2.45, 2.75) is 30.5 Å². The van der Waals surface area contributed by atoms with Gasteiger partial charge in [-0.3, -0.25) is 9.69 Å². The molecule has 6 atom stereocenters. The summed E-state index contributed by atoms with van der Waals surface area (Å²) in [6, 6.07) is 23.6. The van der Waals surface area contributed by atoms with E-state index in [2.05, 4.69) is 15.9 Å². The summed E-state index contributed by atoms with van der Waals surface area (Å²) in [6.45, 7) is 3.82. The molecule has 1 saturated carbocycles. The first-order valence-corrected chi connectivity index (χ1v) is 12.6. The summed E-state index contributed by atoms with van der Waals surface area (Å²) in [5.41, 5.74) is 1.79. The highest BCUT2D eigenvalue weighted by Gasteiger charge is 2.84. The van der Waals surface area contributed by atoms with Crippen molar-refractivity contribution in [3.05, 3.63) is 90.0 Å². The molecule has 6 nitrogen and oxygen atoms in total. The van der Waals surface area contributed by atoms with Gasteiger partial charge in [0, 0.05) is 16.9 Å². The zero-order valence-electron chi connectivity index (χ0n) is 19.8. The molecule has 184 valence electrons. The van der Waals surface area contributed by atoms with Crippen LogP contribution in [-0.2, 0) is 4.79 Å². The molecule has 2 fully saturated rings. The van der Waals surface area contributed by atoms with Crippen LogP contribution in [0.5, 0.6) is 11.5 Å². The van der Waals surface area contributed by atoms with Crippen LogP contribution in [0.4, 0.5) is 5.69 Å². The topological polar surface area (TPSA) is 101 Å². The molecule has 1 heterocycles. The third-order valence-electron chi connectivity index (χ3n) is 8.71. The number of nitrogens with zero attached hydrogens (tertiary/aromatic N) is 1. The van der Waals surface area contributed by atoms with Gasteiger partial charge in [-0.2, -0.15) is 0 Å². The SMILES string of the molecule is CC12C(c3ccccc3)=C(c3ccccc3)C(C)(C1O)C1(Br)C(O)N(c3ccc(O)c(O)c3)C(=O)C21. The maximum Gasteiger partial charge on any atom is 0.234 e. The van der Waals surface area contributed by atoms with Crippen molar-refractivity contribution < 1.29 is 25.2 Å². The molecule has 0 spiro atoms. The molecule has 1 amide bonds. The summed E-state index contributed by atoms with van der Waals surface area (Å²) in [5, 5.41) is 43.8. The summed E-state index contributed by atoms with van der Waals surface area (Å²) >= 11 is 3.86. The number of hydrogen-bond acceptors (Lipinski definition) is 5. The number of hydrogen-bond donors (Lipinski definition) is 4. The average molecular weight is 548 g/mol. The van der Waals surface area contributed by atoms with Crippen LogP contribution in [0.2, 0.25) is 0 Å². The van der Waals surface area contributed by atoms with Crippen molar-refractivity contribution in [2.24, 2.45) is 16.7 Å². The number of phenols is 2. The quantitative estimate of drug-likeness (QED) is 0.285. The van der Waals surface area contributed by atoms with Crippen molar-refractivity contribution in [1.29, 1.82) is 0 Å². The number of aliphatic hydroxyl groups excluding tert-OH is 2. The molecule has 3 aromatic rings. The number of phenolic OH excluding ortho intramolecular Hbond substituents is 2. The van der Waals surface area contributed by atoms with E-state index in [1.165, 1.54) is 23.1 Å². The number of alkyl halides is 1. The van der Waals surface area contributed by atoms with Gasteiger partial charge in [-0.05, 0) is 34.4 Å². The first-order chi connectivity index (χ1) is 17.1. The summed E-state index contributed by atoms with van der Waals surface area (Å²) in [6.07, 6.45) is -2.31. The highest BCUT2D eigenvalue weighted by Crippen LogP contribution is 2.80. The van der Waals surface area contributed by atoms with Crippen LogP contribution >= 0.6 is 15.9 Å². The van der Waals surface area contributed by atoms with Crippen molar-refractivity contribution in [1.82, 2.24) is 0 Å². The molecule has 36 heavy (non-hydrogen) atoms. The fourth-order valence-corrected chi connectivity index (χ4v) is 8.47. The number of anilines is 1. The van der Waals surface area contributed by atoms with Gasteiger partial charge in [-0.15, -0.1) is 0 Å². The second-order valence-corrected chi connectivity index (χ2v) is 11.6. The standard InChI is InChI=1S/C29H26BrNO5/c1-27-21(16-9-5-3-6-10-16)22(17-11-7-4-8-12-17)28(2,25(27)35)29(30)23(27)24(34)31(26(29)36)18-13-14-19(32)20(33)15-18/h3-15,23,25-26,32-33,35-36H,1-2H3. The Morgan fingerprint density at radius 1 is 0.806 bits per heavy atom. The molecular formula is C29H26BrNO5. The van der Waals surface area contributed by atoms with E-state index in [0.717, 1.165) is 22.3 Å². The molecule has 0 aromatic heterocycles. The van der Waals surface area contributed by atoms with Crippen molar-refractivity contribution >= 4 is 38.7 Å². The minimum Gasteiger partial charge on any atom is -0.504 e. The third kappa shape index (κ3) is 2.50. The van der Waals surface area contributed by atoms with Crippen LogP contribution in [0.3, 0.4) is 0 Å². The highest BCUT2D eigenvalue weighted by molar-refractivity contribution is 9.10. The van der Waals surface area contributed by atoms with E-state index in [-0.39, 0.29) is 23.1 Å². The molecule has 2 aliphatic carbocycles. The maximum atomic E-state index is 14.2. The largest absolute Gasteiger partial charge is 0.504 e. The van der Waals surface area contributed by atoms with Crippen molar-refractivity contribution in [3.63, 3.8) is 0 Å². The van der Waals surface area contributed by atoms with E-state index < -0.39 is 33.4 Å². The average Bonchev–Trinajstić information content (AvgIpc) is 3.26. The first kappa shape index (κ1) is 23.3. The number of fused-ring (bicyclic) bond motifs is 5. The minimum absolute atomic E-state index is 0.264. The monoisotopic (exact) mass is 547 g/mol. The van der Waals surface area contributed by atoms with Gasteiger partial charge in [0.1, 0.15) is 0 Å². The Hall–Kier alpha value is -3.13. The van der Waals surface area contributed by atoms with Gasteiger partial charge in [-0.25, -0.2) is 0 Å². The second kappa shape index (κ2) is 7.44. The molecule has 6 unspecified atom stereocenters. The van der Waals surface area contributed by atoms with E-state index in [4.69, 9.17) is 0 Å². The van der Waals surface area contributed by atoms with Crippen LogP contribution < -0.4 is 4.90 Å². The highest BCUT2D eigenvalue weighted by atomic mass is 79.9. The zero-order valence-corrected chi connectivity index (χ0v) is 21.3. The lowest BCUT2D eigenvalue weighted by atomic mass is 9.62. The number of carbonyl (C=O) groups is 1. The van der Waals surface area contributed by atoms with Gasteiger partial charge >= 0.3 is 0 Å². The van der Waals surface area contributed by atoms with Crippen molar-refractivity contribution in [3.8, 4) is 11.5 Å². The number of halogens is 1. The fourth-order valence-electron chi connectivity index (χ4n) is 7.18. The summed E-state index contributed by atoms with van der Waals surface area (Å²) < 4.78 is -1.23. The molecule has 4 N–H and O–H groups in total. The maximum absolute atomic E-state index is 14.2. The van der Waals surface area contributed by atoms with Crippen LogP contribution in [0.25, 0.3) is 11.1 Å². The normalized spacial score (nSPS) is 35.0. The zero-order chi connectivity index (χ0) is 25.6. The third-order valence-corrected chi connectivity index (χ3v) is 10.4. The Balaban J connectivity index is 1.64. The van der Waals surface area contributed by atoms with E-state index in [0.29, 0.717) is 0 Å². The summed E-state index contributed by atoms with van der Waals surface area (Å²) in [7, 11) is 0. The Bertz CT molecular complexity index is 1430. The fraction of sp³-hybridized carbons (Fsp3) is 0.276. The second-order valence-electron chi connectivity index (χ2n) is 10.3. The minimum atomic E-state index is -1.35. The Labute approximate surface area is 217 Å². The van der Waals surface area contributed by atoms with Crippen LogP contribution in [0, 0.1) is 16.7 Å². The first-order valence-electron chi connectivity index (χ1n) is 11.9. The van der Waals surface area contributed by atoms with E-state index in [9.17, 15) is 25.2 Å². The van der Waals surface area contributed by atoms with Gasteiger partial charge in [-0.1, -0.05) is 90.4 Å². The van der Waals surface area contributed by atoms with Crippen LogP contribution in [0.1, 0.15) is 25.0 Å². The molecule has 3 aliphatic rings. The Morgan fingerprint density at radius 2 is 1.36 bits per heavy atom. The van der Waals surface area contributed by atoms with Crippen molar-refractivity contribution in [2.75, 3.05) is 4.90 Å². The van der Waals surface area contributed by atoms with E-state index in [1.807, 2.05) is 74.5 Å². The molecular weight excluding hydrogens is 522 g/mol. The summed E-state index contributed by atoms with van der Waals surface area (Å²) in [5.74, 6) is -1.88. The number of amides is 1.